The summed E-state index contributed by atoms with van der Waals surface area (Å²) in [6.45, 7) is 9.78. The van der Waals surface area contributed by atoms with E-state index in [1.165, 1.54) is 24.9 Å². The molecule has 1 aliphatic heterocycles. The Morgan fingerprint density at radius 2 is 1.93 bits per heavy atom. The number of ether oxygens (including phenoxy) is 1. The summed E-state index contributed by atoms with van der Waals surface area (Å²) in [6, 6.07) is 2.49. The zero-order valence-electron chi connectivity index (χ0n) is 10.0. The average Bonchev–Trinajstić information content (AvgIpc) is 2.94. The predicted molar refractivity (Wildman–Crippen MR) is 62.1 cm³/mol. The van der Waals surface area contributed by atoms with Crippen LogP contribution >= 0.6 is 0 Å². The zero-order valence-corrected chi connectivity index (χ0v) is 11.0. The van der Waals surface area contributed by atoms with Crippen molar-refractivity contribution in [2.75, 3.05) is 6.61 Å². The molecule has 1 rings (SSSR count). The Bertz CT molecular complexity index is 175. The summed E-state index contributed by atoms with van der Waals surface area (Å²) in [5.74, 6) is 0. The van der Waals surface area contributed by atoms with Crippen LogP contribution in [0.3, 0.4) is 0 Å². The molecule has 3 heteroatoms. The van der Waals surface area contributed by atoms with E-state index in [-0.39, 0.29) is 0 Å². The molecule has 1 fully saturated rings. The minimum Gasteiger partial charge on any atom is -0.417 e. The Balaban J connectivity index is 2.21. The number of epoxide rings is 1. The molecule has 0 saturated carbocycles. The summed E-state index contributed by atoms with van der Waals surface area (Å²) in [6.07, 6.45) is 3.50. The van der Waals surface area contributed by atoms with Crippen molar-refractivity contribution in [2.24, 2.45) is 0 Å². The molecule has 0 amide bonds. The lowest BCUT2D eigenvalue weighted by molar-refractivity contribution is 0.318. The molecular formula is C11H24O2Si. The Morgan fingerprint density at radius 1 is 1.21 bits per heavy atom. The van der Waals surface area contributed by atoms with Crippen molar-refractivity contribution in [2.45, 2.75) is 64.5 Å². The van der Waals surface area contributed by atoms with Crippen molar-refractivity contribution in [3.63, 3.8) is 0 Å². The van der Waals surface area contributed by atoms with Gasteiger partial charge in [0.2, 0.25) is 0 Å². The van der Waals surface area contributed by atoms with Crippen LogP contribution in [0.4, 0.5) is 0 Å². The first-order chi connectivity index (χ1) is 6.65. The smallest absolute Gasteiger partial charge is 0.189 e. The molecule has 1 saturated heterocycles. The van der Waals surface area contributed by atoms with E-state index in [2.05, 4.69) is 27.3 Å². The highest BCUT2D eigenvalue weighted by Crippen LogP contribution is 2.32. The molecule has 1 aliphatic rings. The van der Waals surface area contributed by atoms with Gasteiger partial charge in [0.15, 0.2) is 8.32 Å². The minimum atomic E-state index is -1.37. The van der Waals surface area contributed by atoms with Gasteiger partial charge in [-0.3, -0.25) is 0 Å². The largest absolute Gasteiger partial charge is 0.417 e. The van der Waals surface area contributed by atoms with Crippen molar-refractivity contribution in [3.8, 4) is 0 Å². The molecule has 3 unspecified atom stereocenters. The summed E-state index contributed by atoms with van der Waals surface area (Å²) < 4.78 is 11.5. The van der Waals surface area contributed by atoms with Gasteiger partial charge < -0.3 is 9.16 Å². The molecule has 0 N–H and O–H groups in total. The van der Waals surface area contributed by atoms with Crippen LogP contribution in [0.2, 0.25) is 18.6 Å². The van der Waals surface area contributed by atoms with Crippen molar-refractivity contribution in [1.82, 2.24) is 0 Å². The minimum absolute atomic E-state index is 0.554. The van der Waals surface area contributed by atoms with Crippen LogP contribution < -0.4 is 0 Å². The van der Waals surface area contributed by atoms with E-state index in [0.717, 1.165) is 6.61 Å². The number of hydrogen-bond donors (Lipinski definition) is 0. The highest BCUT2D eigenvalue weighted by atomic mass is 28.4. The molecular weight excluding hydrogens is 192 g/mol. The third-order valence-electron chi connectivity index (χ3n) is 3.29. The fourth-order valence-corrected chi connectivity index (χ4v) is 4.23. The van der Waals surface area contributed by atoms with E-state index in [4.69, 9.17) is 9.16 Å². The molecule has 0 aromatic carbocycles. The first-order valence-corrected chi connectivity index (χ1v) is 8.76. The molecule has 0 spiro atoms. The average molecular weight is 216 g/mol. The van der Waals surface area contributed by atoms with Gasteiger partial charge in [-0.1, -0.05) is 13.8 Å². The lowest BCUT2D eigenvalue weighted by Crippen LogP contribution is -2.33. The molecule has 1 heterocycles. The van der Waals surface area contributed by atoms with Gasteiger partial charge in [-0.25, -0.2) is 0 Å². The zero-order chi connectivity index (χ0) is 10.6. The summed E-state index contributed by atoms with van der Waals surface area (Å²) in [7, 11) is -1.37. The Labute approximate surface area is 89.1 Å². The van der Waals surface area contributed by atoms with Gasteiger partial charge in [0.1, 0.15) is 0 Å². The molecule has 0 aliphatic carbocycles. The van der Waals surface area contributed by atoms with Crippen LogP contribution in [0.5, 0.6) is 0 Å². The van der Waals surface area contributed by atoms with Gasteiger partial charge in [0.25, 0.3) is 0 Å². The Morgan fingerprint density at radius 3 is 2.36 bits per heavy atom. The molecule has 14 heavy (non-hydrogen) atoms. The lowest BCUT2D eigenvalue weighted by Gasteiger charge is -2.24. The second-order valence-corrected chi connectivity index (χ2v) is 8.79. The van der Waals surface area contributed by atoms with Gasteiger partial charge in [0.05, 0.1) is 12.2 Å². The standard InChI is InChI=1S/C11H24O2Si/c1-5-10-11(13-10)8-9-14(4,7-3)12-6-2/h10-11H,5-9H2,1-4H3. The normalized spacial score (nSPS) is 30.0. The molecule has 0 bridgehead atoms. The molecule has 0 aromatic rings. The predicted octanol–water partition coefficient (Wildman–Crippen LogP) is 3.19. The maximum Gasteiger partial charge on any atom is 0.189 e. The topological polar surface area (TPSA) is 21.8 Å². The van der Waals surface area contributed by atoms with E-state index in [9.17, 15) is 0 Å². The summed E-state index contributed by atoms with van der Waals surface area (Å²) in [5.41, 5.74) is 0. The van der Waals surface area contributed by atoms with Crippen LogP contribution in [0.15, 0.2) is 0 Å². The maximum absolute atomic E-state index is 5.91. The number of rotatable bonds is 7. The van der Waals surface area contributed by atoms with Gasteiger partial charge >= 0.3 is 0 Å². The summed E-state index contributed by atoms with van der Waals surface area (Å²) >= 11 is 0. The Hall–Kier alpha value is 0.137. The number of hydrogen-bond acceptors (Lipinski definition) is 2. The van der Waals surface area contributed by atoms with Crippen LogP contribution in [-0.2, 0) is 9.16 Å². The lowest BCUT2D eigenvalue weighted by atomic mass is 10.2. The van der Waals surface area contributed by atoms with Crippen LogP contribution in [0.1, 0.15) is 33.6 Å². The van der Waals surface area contributed by atoms with Crippen molar-refractivity contribution >= 4 is 8.32 Å². The Kier molecular flexibility index (Phi) is 4.61. The SMILES string of the molecule is CCO[Si](C)(CC)CCC1OC1CC. The highest BCUT2D eigenvalue weighted by Gasteiger charge is 2.39. The highest BCUT2D eigenvalue weighted by molar-refractivity contribution is 6.72. The molecule has 0 aromatic heterocycles. The van der Waals surface area contributed by atoms with Crippen molar-refractivity contribution in [3.05, 3.63) is 0 Å². The molecule has 84 valence electrons. The van der Waals surface area contributed by atoms with Gasteiger partial charge in [-0.05, 0) is 38.4 Å². The fourth-order valence-electron chi connectivity index (χ4n) is 1.94. The first kappa shape index (κ1) is 12.2. The van der Waals surface area contributed by atoms with Gasteiger partial charge in [-0.2, -0.15) is 0 Å². The van der Waals surface area contributed by atoms with Crippen LogP contribution in [0, 0.1) is 0 Å². The van der Waals surface area contributed by atoms with Crippen LogP contribution in [0.25, 0.3) is 0 Å². The van der Waals surface area contributed by atoms with Gasteiger partial charge in [0, 0.05) is 6.61 Å². The third kappa shape index (κ3) is 3.37. The molecule has 2 nitrogen and oxygen atoms in total. The van der Waals surface area contributed by atoms with Crippen LogP contribution in [-0.4, -0.2) is 27.1 Å². The maximum atomic E-state index is 5.91. The monoisotopic (exact) mass is 216 g/mol. The third-order valence-corrected chi connectivity index (χ3v) is 7.12. The summed E-state index contributed by atoms with van der Waals surface area (Å²) in [4.78, 5) is 0. The first-order valence-electron chi connectivity index (χ1n) is 5.94. The summed E-state index contributed by atoms with van der Waals surface area (Å²) in [5, 5.41) is 0. The van der Waals surface area contributed by atoms with E-state index < -0.39 is 8.32 Å². The second-order valence-electron chi connectivity index (χ2n) is 4.40. The quantitative estimate of drug-likeness (QED) is 0.481. The molecule has 0 radical (unpaired) electrons. The van der Waals surface area contributed by atoms with E-state index in [1.54, 1.807) is 0 Å². The second kappa shape index (κ2) is 5.28. The fraction of sp³-hybridized carbons (Fsp3) is 1.00. The van der Waals surface area contributed by atoms with Crippen molar-refractivity contribution in [1.29, 1.82) is 0 Å². The van der Waals surface area contributed by atoms with E-state index in [0.29, 0.717) is 12.2 Å². The van der Waals surface area contributed by atoms with E-state index >= 15 is 0 Å². The van der Waals surface area contributed by atoms with Crippen molar-refractivity contribution < 1.29 is 9.16 Å². The van der Waals surface area contributed by atoms with Gasteiger partial charge in [-0.15, -0.1) is 0 Å². The molecule has 3 atom stereocenters. The van der Waals surface area contributed by atoms with E-state index in [1.807, 2.05) is 0 Å².